The molecule has 1 saturated heterocycles. The van der Waals surface area contributed by atoms with Crippen molar-refractivity contribution in [2.24, 2.45) is 11.8 Å². The van der Waals surface area contributed by atoms with Gasteiger partial charge in [-0.2, -0.15) is 0 Å². The van der Waals surface area contributed by atoms with E-state index < -0.39 is 0 Å². The second kappa shape index (κ2) is 10.9. The number of piperidine rings is 1. The molecule has 2 aliphatic carbocycles. The van der Waals surface area contributed by atoms with Crippen LogP contribution in [0.15, 0.2) is 54.6 Å². The van der Waals surface area contributed by atoms with Crippen molar-refractivity contribution in [1.82, 2.24) is 9.47 Å². The zero-order valence-electron chi connectivity index (χ0n) is 23.9. The van der Waals surface area contributed by atoms with Gasteiger partial charge in [0.1, 0.15) is 0 Å². The number of likely N-dealkylation sites (tertiary alicyclic amines) is 1. The normalized spacial score (nSPS) is 21.3. The number of fused-ring (bicyclic) bond motifs is 5. The summed E-state index contributed by atoms with van der Waals surface area (Å²) in [6, 6.07) is 16.2. The maximum absolute atomic E-state index is 4.37. The van der Waals surface area contributed by atoms with Crippen LogP contribution in [0, 0.1) is 18.8 Å². The lowest BCUT2D eigenvalue weighted by Crippen LogP contribution is -2.36. The van der Waals surface area contributed by atoms with Crippen molar-refractivity contribution in [2.75, 3.05) is 19.6 Å². The summed E-state index contributed by atoms with van der Waals surface area (Å²) in [6.07, 6.45) is 12.8. The minimum absolute atomic E-state index is 0.753. The summed E-state index contributed by atoms with van der Waals surface area (Å²) < 4.78 is 2.59. The third kappa shape index (κ3) is 4.93. The van der Waals surface area contributed by atoms with E-state index in [0.717, 1.165) is 30.7 Å². The maximum atomic E-state index is 4.37. The molecular formula is C36H46N2. The predicted octanol–water partition coefficient (Wildman–Crippen LogP) is 9.02. The first kappa shape index (κ1) is 25.7. The summed E-state index contributed by atoms with van der Waals surface area (Å²) in [5, 5.41) is 1.46. The largest absolute Gasteiger partial charge is 0.344 e. The van der Waals surface area contributed by atoms with Gasteiger partial charge in [0.25, 0.3) is 0 Å². The van der Waals surface area contributed by atoms with E-state index in [1.165, 1.54) is 97.7 Å². The molecule has 1 saturated carbocycles. The molecule has 1 aromatic heterocycles. The van der Waals surface area contributed by atoms with Crippen LogP contribution in [0.1, 0.15) is 92.7 Å². The highest BCUT2D eigenvalue weighted by atomic mass is 15.1. The number of allylic oxidation sites excluding steroid dienone is 1. The zero-order valence-corrected chi connectivity index (χ0v) is 23.9. The van der Waals surface area contributed by atoms with Gasteiger partial charge in [-0.05, 0) is 106 Å². The lowest BCUT2D eigenvalue weighted by atomic mass is 9.87. The minimum Gasteiger partial charge on any atom is -0.344 e. The molecule has 3 aromatic rings. The highest BCUT2D eigenvalue weighted by molar-refractivity contribution is 5.93. The lowest BCUT2D eigenvalue weighted by molar-refractivity contribution is 0.195. The molecule has 2 atom stereocenters. The first-order valence-electron chi connectivity index (χ1n) is 15.4. The first-order chi connectivity index (χ1) is 18.6. The van der Waals surface area contributed by atoms with Crippen molar-refractivity contribution in [3.8, 4) is 0 Å². The summed E-state index contributed by atoms with van der Waals surface area (Å²) in [4.78, 5) is 2.75. The molecule has 0 amide bonds. The first-order valence-corrected chi connectivity index (χ1v) is 15.4. The highest BCUT2D eigenvalue weighted by Gasteiger charge is 2.47. The number of rotatable bonds is 10. The van der Waals surface area contributed by atoms with Crippen LogP contribution in [0.4, 0.5) is 0 Å². The summed E-state index contributed by atoms with van der Waals surface area (Å²) in [6.45, 7) is 16.0. The summed E-state index contributed by atoms with van der Waals surface area (Å²) >= 11 is 0. The molecular weight excluding hydrogens is 460 g/mol. The van der Waals surface area contributed by atoms with Gasteiger partial charge in [-0.15, -0.1) is 0 Å². The molecule has 2 heteroatoms. The molecule has 0 N–H and O–H groups in total. The molecule has 6 rings (SSSR count). The predicted molar refractivity (Wildman–Crippen MR) is 164 cm³/mol. The summed E-state index contributed by atoms with van der Waals surface area (Å²) in [5.74, 6) is 2.35. The Hall–Kier alpha value is -2.58. The Morgan fingerprint density at radius 1 is 1.00 bits per heavy atom. The van der Waals surface area contributed by atoms with Crippen molar-refractivity contribution in [3.05, 3.63) is 82.6 Å². The fraction of sp³-hybridized carbons (Fsp3) is 0.500. The second-order valence-electron chi connectivity index (χ2n) is 12.4. The summed E-state index contributed by atoms with van der Waals surface area (Å²) in [5.41, 5.74) is 11.9. The van der Waals surface area contributed by atoms with Gasteiger partial charge in [0.05, 0.1) is 0 Å². The van der Waals surface area contributed by atoms with Crippen LogP contribution in [-0.4, -0.2) is 29.1 Å². The van der Waals surface area contributed by atoms with E-state index in [-0.39, 0.29) is 0 Å². The Labute approximate surface area is 230 Å². The molecule has 0 spiro atoms. The van der Waals surface area contributed by atoms with Crippen LogP contribution in [0.5, 0.6) is 0 Å². The monoisotopic (exact) mass is 506 g/mol. The zero-order chi connectivity index (χ0) is 26.2. The molecule has 2 aromatic carbocycles. The van der Waals surface area contributed by atoms with Gasteiger partial charge in [-0.25, -0.2) is 0 Å². The number of unbranched alkanes of at least 4 members (excludes halogenated alkanes) is 2. The smallest absolute Gasteiger partial charge is 0.0488 e. The van der Waals surface area contributed by atoms with E-state index >= 15 is 0 Å². The number of para-hydroxylation sites is 1. The molecule has 0 radical (unpaired) electrons. The topological polar surface area (TPSA) is 8.17 Å². The van der Waals surface area contributed by atoms with Gasteiger partial charge in [0, 0.05) is 41.2 Å². The van der Waals surface area contributed by atoms with Crippen molar-refractivity contribution >= 4 is 22.6 Å². The Kier molecular flexibility index (Phi) is 7.36. The molecule has 2 unspecified atom stereocenters. The van der Waals surface area contributed by atoms with Crippen LogP contribution in [0.3, 0.4) is 0 Å². The number of hydrogen-bond acceptors (Lipinski definition) is 1. The maximum Gasteiger partial charge on any atom is 0.0488 e. The number of aromatic nitrogens is 1. The lowest BCUT2D eigenvalue weighted by Gasteiger charge is -2.33. The molecule has 2 heterocycles. The molecule has 2 fully saturated rings. The SMILES string of the molecule is C=C(CCCCC)c1ccc(CC2CCN(CC3=Cc4c(n(CC)c5ccccc45)C4CC34)CC2)c(C)c1. The summed E-state index contributed by atoms with van der Waals surface area (Å²) in [7, 11) is 0. The van der Waals surface area contributed by atoms with E-state index in [2.05, 4.69) is 85.4 Å². The van der Waals surface area contributed by atoms with Gasteiger partial charge in [0.2, 0.25) is 0 Å². The van der Waals surface area contributed by atoms with Gasteiger partial charge in [-0.1, -0.05) is 74.4 Å². The van der Waals surface area contributed by atoms with Crippen molar-refractivity contribution < 1.29 is 0 Å². The third-order valence-electron chi connectivity index (χ3n) is 9.77. The molecule has 200 valence electrons. The molecule has 3 aliphatic rings. The number of benzene rings is 2. The Morgan fingerprint density at radius 2 is 1.82 bits per heavy atom. The average molecular weight is 507 g/mol. The Bertz CT molecular complexity index is 1350. The quantitative estimate of drug-likeness (QED) is 0.249. The van der Waals surface area contributed by atoms with Gasteiger partial charge < -0.3 is 4.57 Å². The van der Waals surface area contributed by atoms with Crippen molar-refractivity contribution in [1.29, 1.82) is 0 Å². The van der Waals surface area contributed by atoms with E-state index in [4.69, 9.17) is 0 Å². The standard InChI is InChI=1S/C36H46N2/c1-5-7-8-11-25(3)28-14-15-29(26(4)20-28)21-27-16-18-37(19-17-27)24-30-22-33-31-12-9-10-13-35(31)38(6-2)36(33)34-23-32(30)34/h9-10,12-15,20,22,27,32,34H,3,5-8,11,16-19,21,23-24H2,1-2,4H3. The van der Waals surface area contributed by atoms with E-state index in [1.54, 1.807) is 16.8 Å². The van der Waals surface area contributed by atoms with Crippen LogP contribution >= 0.6 is 0 Å². The molecule has 1 aliphatic heterocycles. The number of hydrogen-bond donors (Lipinski definition) is 0. The number of aryl methyl sites for hydroxylation is 2. The van der Waals surface area contributed by atoms with E-state index in [9.17, 15) is 0 Å². The molecule has 0 bridgehead atoms. The third-order valence-corrected chi connectivity index (χ3v) is 9.77. The van der Waals surface area contributed by atoms with Gasteiger partial charge in [0.15, 0.2) is 0 Å². The highest BCUT2D eigenvalue weighted by Crippen LogP contribution is 2.58. The van der Waals surface area contributed by atoms with Gasteiger partial charge in [-0.3, -0.25) is 4.90 Å². The van der Waals surface area contributed by atoms with Crippen LogP contribution in [-0.2, 0) is 13.0 Å². The molecule has 38 heavy (non-hydrogen) atoms. The number of nitrogens with zero attached hydrogens (tertiary/aromatic N) is 2. The second-order valence-corrected chi connectivity index (χ2v) is 12.4. The average Bonchev–Trinajstić information content (AvgIpc) is 3.68. The fourth-order valence-corrected chi connectivity index (χ4v) is 7.40. The van der Waals surface area contributed by atoms with Crippen LogP contribution < -0.4 is 0 Å². The molecule has 2 nitrogen and oxygen atoms in total. The van der Waals surface area contributed by atoms with E-state index in [1.807, 2.05) is 0 Å². The minimum atomic E-state index is 0.753. The van der Waals surface area contributed by atoms with Gasteiger partial charge >= 0.3 is 0 Å². The fourth-order valence-electron chi connectivity index (χ4n) is 7.40. The van der Waals surface area contributed by atoms with Crippen LogP contribution in [0.25, 0.3) is 22.6 Å². The Balaban J connectivity index is 1.07. The van der Waals surface area contributed by atoms with Crippen LogP contribution in [0.2, 0.25) is 0 Å². The van der Waals surface area contributed by atoms with Crippen molar-refractivity contribution in [3.63, 3.8) is 0 Å². The Morgan fingerprint density at radius 3 is 2.58 bits per heavy atom. The van der Waals surface area contributed by atoms with E-state index in [0.29, 0.717) is 0 Å². The van der Waals surface area contributed by atoms with Crippen molar-refractivity contribution in [2.45, 2.75) is 84.6 Å².